The van der Waals surface area contributed by atoms with Crippen molar-refractivity contribution in [2.75, 3.05) is 20.3 Å². The highest BCUT2D eigenvalue weighted by molar-refractivity contribution is 7.13. The molecule has 0 spiro atoms. The van der Waals surface area contributed by atoms with Gasteiger partial charge in [0.25, 0.3) is 0 Å². The van der Waals surface area contributed by atoms with Gasteiger partial charge < -0.3 is 9.47 Å². The molecule has 1 aromatic heterocycles. The minimum absolute atomic E-state index is 0.712. The smallest absolute Gasteiger partial charge is 0.123 e. The van der Waals surface area contributed by atoms with Crippen LogP contribution in [0.25, 0.3) is 10.6 Å². The first-order valence-electron chi connectivity index (χ1n) is 8.34. The molecule has 0 saturated heterocycles. The molecular formula is C20H20N2O2S. The van der Waals surface area contributed by atoms with E-state index in [2.05, 4.69) is 28.5 Å². The van der Waals surface area contributed by atoms with Crippen molar-refractivity contribution in [3.05, 3.63) is 65.2 Å². The van der Waals surface area contributed by atoms with Crippen LogP contribution in [0.4, 0.5) is 0 Å². The second-order valence-electron chi connectivity index (χ2n) is 6.04. The highest BCUT2D eigenvalue weighted by atomic mass is 32.1. The van der Waals surface area contributed by atoms with E-state index >= 15 is 0 Å². The van der Waals surface area contributed by atoms with Crippen LogP contribution in [0.2, 0.25) is 0 Å². The molecule has 2 aromatic carbocycles. The van der Waals surface area contributed by atoms with Gasteiger partial charge in [-0.25, -0.2) is 4.98 Å². The molecule has 0 aliphatic carbocycles. The van der Waals surface area contributed by atoms with E-state index in [1.165, 1.54) is 5.56 Å². The summed E-state index contributed by atoms with van der Waals surface area (Å²) in [4.78, 5) is 7.20. The van der Waals surface area contributed by atoms with Crippen LogP contribution < -0.4 is 9.47 Å². The van der Waals surface area contributed by atoms with E-state index in [0.717, 1.165) is 47.4 Å². The van der Waals surface area contributed by atoms with Crippen LogP contribution in [0, 0.1) is 0 Å². The van der Waals surface area contributed by atoms with Gasteiger partial charge in [0.1, 0.15) is 23.1 Å². The number of hydrogen-bond acceptors (Lipinski definition) is 5. The number of hydrogen-bond donors (Lipinski definition) is 0. The van der Waals surface area contributed by atoms with E-state index in [0.29, 0.717) is 6.61 Å². The Morgan fingerprint density at radius 1 is 1.20 bits per heavy atom. The van der Waals surface area contributed by atoms with Crippen LogP contribution in [0.3, 0.4) is 0 Å². The normalized spacial score (nSPS) is 14.4. The van der Waals surface area contributed by atoms with Crippen molar-refractivity contribution in [3.8, 4) is 22.1 Å². The summed E-state index contributed by atoms with van der Waals surface area (Å²) < 4.78 is 11.1. The third-order valence-corrected chi connectivity index (χ3v) is 5.23. The molecule has 0 N–H and O–H groups in total. The second-order valence-corrected chi connectivity index (χ2v) is 6.90. The summed E-state index contributed by atoms with van der Waals surface area (Å²) in [6.45, 7) is 3.34. The number of ether oxygens (including phenoxy) is 2. The lowest BCUT2D eigenvalue weighted by molar-refractivity contribution is 0.218. The number of para-hydroxylation sites is 1. The van der Waals surface area contributed by atoms with Gasteiger partial charge >= 0.3 is 0 Å². The van der Waals surface area contributed by atoms with Crippen LogP contribution in [-0.4, -0.2) is 30.1 Å². The third kappa shape index (κ3) is 3.67. The fourth-order valence-electron chi connectivity index (χ4n) is 3.01. The first-order chi connectivity index (χ1) is 12.3. The summed E-state index contributed by atoms with van der Waals surface area (Å²) >= 11 is 1.68. The van der Waals surface area contributed by atoms with Gasteiger partial charge in [-0.15, -0.1) is 11.3 Å². The standard InChI is InChI=1S/C20H20N2O2S/c1-23-18-7-4-6-15(11-18)20-21-17(14-25-20)13-22-9-10-24-19-8-3-2-5-16(19)12-22/h2-8,11,14H,9-10,12-13H2,1H3. The summed E-state index contributed by atoms with van der Waals surface area (Å²) in [6.07, 6.45) is 0. The molecule has 0 saturated carbocycles. The Labute approximate surface area is 151 Å². The Morgan fingerprint density at radius 3 is 3.04 bits per heavy atom. The van der Waals surface area contributed by atoms with Crippen molar-refractivity contribution >= 4 is 11.3 Å². The zero-order valence-electron chi connectivity index (χ0n) is 14.1. The molecule has 0 bridgehead atoms. The highest BCUT2D eigenvalue weighted by Crippen LogP contribution is 2.28. The lowest BCUT2D eigenvalue weighted by atomic mass is 10.2. The molecular weight excluding hydrogens is 332 g/mol. The predicted octanol–water partition coefficient (Wildman–Crippen LogP) is 4.21. The molecule has 0 amide bonds. The summed E-state index contributed by atoms with van der Waals surface area (Å²) in [5.41, 5.74) is 3.44. The largest absolute Gasteiger partial charge is 0.497 e. The number of fused-ring (bicyclic) bond motifs is 1. The van der Waals surface area contributed by atoms with Gasteiger partial charge in [0.15, 0.2) is 0 Å². The van der Waals surface area contributed by atoms with E-state index in [1.54, 1.807) is 18.4 Å². The van der Waals surface area contributed by atoms with Gasteiger partial charge in [0.2, 0.25) is 0 Å². The molecule has 0 unspecified atom stereocenters. The maximum absolute atomic E-state index is 5.84. The summed E-state index contributed by atoms with van der Waals surface area (Å²) in [6, 6.07) is 16.3. The number of thiazole rings is 1. The van der Waals surface area contributed by atoms with Crippen molar-refractivity contribution in [1.82, 2.24) is 9.88 Å². The maximum atomic E-state index is 5.84. The summed E-state index contributed by atoms with van der Waals surface area (Å²) in [5.74, 6) is 1.86. The zero-order valence-corrected chi connectivity index (χ0v) is 15.0. The van der Waals surface area contributed by atoms with Crippen molar-refractivity contribution in [1.29, 1.82) is 0 Å². The first-order valence-corrected chi connectivity index (χ1v) is 9.22. The topological polar surface area (TPSA) is 34.6 Å². The van der Waals surface area contributed by atoms with E-state index < -0.39 is 0 Å². The zero-order chi connectivity index (χ0) is 17.1. The lowest BCUT2D eigenvalue weighted by Crippen LogP contribution is -2.25. The van der Waals surface area contributed by atoms with E-state index in [4.69, 9.17) is 14.5 Å². The minimum Gasteiger partial charge on any atom is -0.497 e. The highest BCUT2D eigenvalue weighted by Gasteiger charge is 2.16. The van der Waals surface area contributed by atoms with Gasteiger partial charge in [0, 0.05) is 36.1 Å². The van der Waals surface area contributed by atoms with Gasteiger partial charge in [-0.2, -0.15) is 0 Å². The van der Waals surface area contributed by atoms with Crippen LogP contribution in [0.5, 0.6) is 11.5 Å². The maximum Gasteiger partial charge on any atom is 0.123 e. The van der Waals surface area contributed by atoms with Crippen LogP contribution in [0.15, 0.2) is 53.9 Å². The van der Waals surface area contributed by atoms with Crippen LogP contribution in [0.1, 0.15) is 11.3 Å². The molecule has 1 aliphatic rings. The Hall–Kier alpha value is -2.37. The molecule has 4 rings (SSSR count). The monoisotopic (exact) mass is 352 g/mol. The van der Waals surface area contributed by atoms with E-state index in [1.807, 2.05) is 30.3 Å². The molecule has 0 atom stereocenters. The second kappa shape index (κ2) is 7.25. The Morgan fingerprint density at radius 2 is 2.12 bits per heavy atom. The third-order valence-electron chi connectivity index (χ3n) is 4.29. The molecule has 5 heteroatoms. The molecule has 3 aromatic rings. The average molecular weight is 352 g/mol. The molecule has 2 heterocycles. The predicted molar refractivity (Wildman–Crippen MR) is 100 cm³/mol. The average Bonchev–Trinajstić information content (AvgIpc) is 3.01. The van der Waals surface area contributed by atoms with Gasteiger partial charge in [-0.3, -0.25) is 4.90 Å². The number of methoxy groups -OCH3 is 1. The van der Waals surface area contributed by atoms with Crippen LogP contribution in [-0.2, 0) is 13.1 Å². The van der Waals surface area contributed by atoms with Gasteiger partial charge in [-0.1, -0.05) is 30.3 Å². The van der Waals surface area contributed by atoms with Gasteiger partial charge in [0.05, 0.1) is 12.8 Å². The van der Waals surface area contributed by atoms with Crippen LogP contribution >= 0.6 is 11.3 Å². The SMILES string of the molecule is COc1cccc(-c2nc(CN3CCOc4ccccc4C3)cs2)c1. The molecule has 0 radical (unpaired) electrons. The lowest BCUT2D eigenvalue weighted by Gasteiger charge is -2.17. The van der Waals surface area contributed by atoms with Crippen molar-refractivity contribution in [3.63, 3.8) is 0 Å². The quantitative estimate of drug-likeness (QED) is 0.704. The van der Waals surface area contributed by atoms with Crippen molar-refractivity contribution in [2.45, 2.75) is 13.1 Å². The van der Waals surface area contributed by atoms with Gasteiger partial charge in [-0.05, 0) is 18.2 Å². The molecule has 4 nitrogen and oxygen atoms in total. The fraction of sp³-hybridized carbons (Fsp3) is 0.250. The Kier molecular flexibility index (Phi) is 4.68. The number of nitrogens with zero attached hydrogens (tertiary/aromatic N) is 2. The Bertz CT molecular complexity index is 862. The molecule has 0 fully saturated rings. The summed E-state index contributed by atoms with van der Waals surface area (Å²) in [5, 5.41) is 3.17. The Balaban J connectivity index is 1.49. The first kappa shape index (κ1) is 16.1. The van der Waals surface area contributed by atoms with E-state index in [-0.39, 0.29) is 0 Å². The molecule has 25 heavy (non-hydrogen) atoms. The fourth-order valence-corrected chi connectivity index (χ4v) is 3.82. The van der Waals surface area contributed by atoms with Crippen molar-refractivity contribution < 1.29 is 9.47 Å². The summed E-state index contributed by atoms with van der Waals surface area (Å²) in [7, 11) is 1.69. The number of rotatable bonds is 4. The molecule has 128 valence electrons. The number of benzene rings is 2. The minimum atomic E-state index is 0.712. The number of aromatic nitrogens is 1. The van der Waals surface area contributed by atoms with E-state index in [9.17, 15) is 0 Å². The molecule has 1 aliphatic heterocycles. The van der Waals surface area contributed by atoms with Crippen molar-refractivity contribution in [2.24, 2.45) is 0 Å².